The van der Waals surface area contributed by atoms with Gasteiger partial charge in [0.1, 0.15) is 11.3 Å². The van der Waals surface area contributed by atoms with Crippen LogP contribution in [0, 0.1) is 24.4 Å². The van der Waals surface area contributed by atoms with E-state index < -0.39 is 17.5 Å². The molecule has 23 heavy (non-hydrogen) atoms. The molecular weight excluding hydrogens is 321 g/mol. The summed E-state index contributed by atoms with van der Waals surface area (Å²) in [5.74, 6) is -3.09. The van der Waals surface area contributed by atoms with E-state index in [1.165, 1.54) is 0 Å². The van der Waals surface area contributed by atoms with Gasteiger partial charge in [0.15, 0.2) is 11.6 Å². The number of nitrogens with zero attached hydrogens (tertiary/aromatic N) is 1. The van der Waals surface area contributed by atoms with E-state index in [9.17, 15) is 13.2 Å². The second kappa shape index (κ2) is 5.09. The molecule has 0 saturated heterocycles. The Bertz CT molecular complexity index is 1050. The lowest BCUT2D eigenvalue weighted by Crippen LogP contribution is -1.89. The van der Waals surface area contributed by atoms with E-state index in [2.05, 4.69) is 9.97 Å². The molecule has 2 aromatic carbocycles. The number of benzene rings is 2. The Kier molecular flexibility index (Phi) is 3.16. The van der Waals surface area contributed by atoms with E-state index in [1.807, 2.05) is 31.3 Å². The molecule has 4 rings (SSSR count). The maximum absolute atomic E-state index is 13.8. The van der Waals surface area contributed by atoms with Crippen molar-refractivity contribution in [3.63, 3.8) is 0 Å². The average molecular weight is 332 g/mol. The lowest BCUT2D eigenvalue weighted by molar-refractivity contribution is 0.504. The van der Waals surface area contributed by atoms with Gasteiger partial charge in [-0.25, -0.2) is 18.2 Å². The van der Waals surface area contributed by atoms with Gasteiger partial charge in [-0.05, 0) is 24.1 Å². The van der Waals surface area contributed by atoms with Crippen molar-refractivity contribution in [1.82, 2.24) is 9.97 Å². The van der Waals surface area contributed by atoms with Gasteiger partial charge >= 0.3 is 0 Å². The summed E-state index contributed by atoms with van der Waals surface area (Å²) >= 11 is 1.05. The van der Waals surface area contributed by atoms with Gasteiger partial charge in [0.05, 0.1) is 9.71 Å². The van der Waals surface area contributed by atoms with Gasteiger partial charge in [0, 0.05) is 29.6 Å². The van der Waals surface area contributed by atoms with Crippen LogP contribution >= 0.6 is 11.3 Å². The Balaban J connectivity index is 1.80. The number of halogens is 3. The summed E-state index contributed by atoms with van der Waals surface area (Å²) in [4.78, 5) is 7.27. The van der Waals surface area contributed by atoms with Gasteiger partial charge in [0.25, 0.3) is 0 Å². The number of fused-ring (bicyclic) bond motifs is 2. The fourth-order valence-electron chi connectivity index (χ4n) is 2.71. The van der Waals surface area contributed by atoms with E-state index in [0.29, 0.717) is 17.5 Å². The number of rotatable bonds is 2. The van der Waals surface area contributed by atoms with Crippen LogP contribution in [0.25, 0.3) is 21.1 Å². The highest BCUT2D eigenvalue weighted by molar-refractivity contribution is 7.18. The number of hydrogen-bond donors (Lipinski definition) is 1. The first-order chi connectivity index (χ1) is 11.0. The SMILES string of the molecule is Cc1ccc2c(Cc3nc4c(F)c(F)cc(F)c4s3)c[nH]c2c1. The normalized spacial score (nSPS) is 11.7. The van der Waals surface area contributed by atoms with Crippen LogP contribution in [0.2, 0.25) is 0 Å². The minimum absolute atomic E-state index is 0.0505. The summed E-state index contributed by atoms with van der Waals surface area (Å²) < 4.78 is 40.9. The molecule has 0 unspecified atom stereocenters. The summed E-state index contributed by atoms with van der Waals surface area (Å²) in [6.07, 6.45) is 2.30. The zero-order chi connectivity index (χ0) is 16.1. The van der Waals surface area contributed by atoms with Crippen molar-refractivity contribution in [2.45, 2.75) is 13.3 Å². The number of hydrogen-bond acceptors (Lipinski definition) is 2. The minimum Gasteiger partial charge on any atom is -0.361 e. The zero-order valence-electron chi connectivity index (χ0n) is 12.1. The average Bonchev–Trinajstić information content (AvgIpc) is 3.10. The van der Waals surface area contributed by atoms with Gasteiger partial charge in [-0.3, -0.25) is 0 Å². The third kappa shape index (κ3) is 2.30. The van der Waals surface area contributed by atoms with Crippen molar-refractivity contribution < 1.29 is 13.2 Å². The maximum atomic E-state index is 13.8. The molecule has 0 spiro atoms. The topological polar surface area (TPSA) is 28.7 Å². The number of aromatic nitrogens is 2. The number of aryl methyl sites for hydroxylation is 1. The Labute approximate surface area is 133 Å². The molecule has 116 valence electrons. The molecule has 0 amide bonds. The highest BCUT2D eigenvalue weighted by Crippen LogP contribution is 2.31. The van der Waals surface area contributed by atoms with E-state index in [4.69, 9.17) is 0 Å². The van der Waals surface area contributed by atoms with Crippen LogP contribution in [0.3, 0.4) is 0 Å². The Morgan fingerprint density at radius 3 is 2.78 bits per heavy atom. The summed E-state index contributed by atoms with van der Waals surface area (Å²) in [7, 11) is 0. The predicted molar refractivity (Wildman–Crippen MR) is 85.3 cm³/mol. The molecule has 0 bridgehead atoms. The first-order valence-corrected chi connectivity index (χ1v) is 7.84. The molecule has 0 radical (unpaired) electrons. The zero-order valence-corrected chi connectivity index (χ0v) is 12.9. The van der Waals surface area contributed by atoms with Crippen molar-refractivity contribution in [1.29, 1.82) is 0 Å². The largest absolute Gasteiger partial charge is 0.361 e. The quantitative estimate of drug-likeness (QED) is 0.509. The lowest BCUT2D eigenvalue weighted by atomic mass is 10.1. The molecule has 2 heterocycles. The number of aromatic amines is 1. The first kappa shape index (κ1) is 14.3. The Morgan fingerprint density at radius 2 is 1.96 bits per heavy atom. The third-order valence-electron chi connectivity index (χ3n) is 3.82. The third-order valence-corrected chi connectivity index (χ3v) is 4.89. The fraction of sp³-hybridized carbons (Fsp3) is 0.118. The van der Waals surface area contributed by atoms with E-state index in [0.717, 1.165) is 33.4 Å². The molecule has 6 heteroatoms. The highest BCUT2D eigenvalue weighted by atomic mass is 32.1. The molecular formula is C17H11F3N2S. The lowest BCUT2D eigenvalue weighted by Gasteiger charge is -1.97. The van der Waals surface area contributed by atoms with E-state index >= 15 is 0 Å². The summed E-state index contributed by atoms with van der Waals surface area (Å²) in [6.45, 7) is 2.01. The summed E-state index contributed by atoms with van der Waals surface area (Å²) in [5, 5.41) is 1.59. The van der Waals surface area contributed by atoms with E-state index in [-0.39, 0.29) is 10.2 Å². The molecule has 0 fully saturated rings. The molecule has 0 aliphatic heterocycles. The fourth-order valence-corrected chi connectivity index (χ4v) is 3.70. The number of nitrogens with one attached hydrogen (secondary N) is 1. The summed E-state index contributed by atoms with van der Waals surface area (Å²) in [6, 6.07) is 6.61. The molecule has 0 saturated carbocycles. The monoisotopic (exact) mass is 332 g/mol. The molecule has 2 aromatic heterocycles. The van der Waals surface area contributed by atoms with Crippen molar-refractivity contribution >= 4 is 32.5 Å². The molecule has 0 aliphatic carbocycles. The van der Waals surface area contributed by atoms with Gasteiger partial charge in [-0.1, -0.05) is 12.1 Å². The molecule has 2 nitrogen and oxygen atoms in total. The predicted octanol–water partition coefficient (Wildman–Crippen LogP) is 5.09. The number of thiazole rings is 1. The van der Waals surface area contributed by atoms with Crippen LogP contribution in [0.1, 0.15) is 16.1 Å². The van der Waals surface area contributed by atoms with Crippen molar-refractivity contribution in [2.75, 3.05) is 0 Å². The molecule has 4 aromatic rings. The smallest absolute Gasteiger partial charge is 0.186 e. The number of H-pyrrole nitrogens is 1. The van der Waals surface area contributed by atoms with Crippen molar-refractivity contribution in [2.24, 2.45) is 0 Å². The Morgan fingerprint density at radius 1 is 1.13 bits per heavy atom. The minimum atomic E-state index is -1.21. The van der Waals surface area contributed by atoms with Crippen LogP contribution in [-0.2, 0) is 6.42 Å². The van der Waals surface area contributed by atoms with Gasteiger partial charge in [0.2, 0.25) is 0 Å². The van der Waals surface area contributed by atoms with E-state index in [1.54, 1.807) is 0 Å². The first-order valence-electron chi connectivity index (χ1n) is 7.02. The molecule has 0 atom stereocenters. The van der Waals surface area contributed by atoms with Gasteiger partial charge in [-0.15, -0.1) is 11.3 Å². The maximum Gasteiger partial charge on any atom is 0.186 e. The van der Waals surface area contributed by atoms with Crippen LogP contribution in [-0.4, -0.2) is 9.97 Å². The van der Waals surface area contributed by atoms with Gasteiger partial charge < -0.3 is 4.98 Å². The standard InChI is InChI=1S/C17H11F3N2S/c1-8-2-3-10-9(7-21-13(10)4-8)5-14-22-16-15(20)11(18)6-12(19)17(16)23-14/h2-4,6-7,21H,5H2,1H3. The Hall–Kier alpha value is -2.34. The van der Waals surface area contributed by atoms with Gasteiger partial charge in [-0.2, -0.15) is 0 Å². The molecule has 0 aliphatic rings. The second-order valence-electron chi connectivity index (χ2n) is 5.48. The molecule has 1 N–H and O–H groups in total. The van der Waals surface area contributed by atoms with Crippen LogP contribution in [0.5, 0.6) is 0 Å². The van der Waals surface area contributed by atoms with Crippen LogP contribution in [0.4, 0.5) is 13.2 Å². The highest BCUT2D eigenvalue weighted by Gasteiger charge is 2.18. The summed E-state index contributed by atoms with van der Waals surface area (Å²) in [5.41, 5.74) is 2.90. The van der Waals surface area contributed by atoms with Crippen LogP contribution < -0.4 is 0 Å². The van der Waals surface area contributed by atoms with Crippen LogP contribution in [0.15, 0.2) is 30.5 Å². The van der Waals surface area contributed by atoms with Crippen molar-refractivity contribution in [3.8, 4) is 0 Å². The van der Waals surface area contributed by atoms with Crippen molar-refractivity contribution in [3.05, 3.63) is 64.0 Å². The second-order valence-corrected chi connectivity index (χ2v) is 6.56.